The molecule has 0 aliphatic carbocycles. The minimum absolute atomic E-state index is 0.858. The van der Waals surface area contributed by atoms with Crippen molar-refractivity contribution < 1.29 is 0 Å². The lowest BCUT2D eigenvalue weighted by Crippen LogP contribution is -2.24. The Hall–Kier alpha value is -2.05. The number of aryl methyl sites for hydroxylation is 1. The topological polar surface area (TPSA) is 55.6 Å². The monoisotopic (exact) mass is 297 g/mol. The minimum Gasteiger partial charge on any atom is -0.312 e. The van der Waals surface area contributed by atoms with E-state index in [9.17, 15) is 0 Å². The van der Waals surface area contributed by atoms with E-state index in [1.54, 1.807) is 11.3 Å². The zero-order valence-electron chi connectivity index (χ0n) is 11.7. The van der Waals surface area contributed by atoms with Gasteiger partial charge in [0, 0.05) is 48.4 Å². The Labute approximate surface area is 126 Å². The molecule has 3 aromatic rings. The van der Waals surface area contributed by atoms with Gasteiger partial charge in [-0.1, -0.05) is 0 Å². The van der Waals surface area contributed by atoms with Crippen molar-refractivity contribution in [3.8, 4) is 16.4 Å². The van der Waals surface area contributed by atoms with E-state index in [1.165, 1.54) is 11.3 Å². The Kier molecular flexibility index (Phi) is 3.05. The summed E-state index contributed by atoms with van der Waals surface area (Å²) in [4.78, 5) is 8.67. The molecule has 0 fully saturated rings. The Morgan fingerprint density at radius 2 is 2.14 bits per heavy atom. The summed E-state index contributed by atoms with van der Waals surface area (Å²) in [5.74, 6) is 0. The van der Waals surface area contributed by atoms with Crippen molar-refractivity contribution in [2.45, 2.75) is 19.9 Å². The maximum absolute atomic E-state index is 4.84. The van der Waals surface area contributed by atoms with Crippen LogP contribution < -0.4 is 5.32 Å². The summed E-state index contributed by atoms with van der Waals surface area (Å²) in [6.07, 6.45) is 4.60. The second-order valence-electron chi connectivity index (χ2n) is 5.12. The first-order chi connectivity index (χ1) is 10.3. The van der Waals surface area contributed by atoms with Gasteiger partial charge in [0.15, 0.2) is 0 Å². The van der Waals surface area contributed by atoms with Crippen LogP contribution in [-0.4, -0.2) is 26.3 Å². The van der Waals surface area contributed by atoms with Crippen LogP contribution in [0.15, 0.2) is 29.9 Å². The third-order valence-corrected chi connectivity index (χ3v) is 4.61. The van der Waals surface area contributed by atoms with Gasteiger partial charge in [-0.3, -0.25) is 4.98 Å². The summed E-state index contributed by atoms with van der Waals surface area (Å²) in [7, 11) is 0. The van der Waals surface area contributed by atoms with Crippen LogP contribution in [0.1, 0.15) is 17.0 Å². The molecule has 0 aromatic carbocycles. The van der Waals surface area contributed by atoms with Gasteiger partial charge in [0.1, 0.15) is 0 Å². The van der Waals surface area contributed by atoms with Gasteiger partial charge in [-0.2, -0.15) is 5.10 Å². The first-order valence-corrected chi connectivity index (χ1v) is 7.85. The summed E-state index contributed by atoms with van der Waals surface area (Å²) in [5.41, 5.74) is 5.73. The first kappa shape index (κ1) is 12.7. The highest BCUT2D eigenvalue weighted by Gasteiger charge is 2.23. The van der Waals surface area contributed by atoms with Gasteiger partial charge in [-0.15, -0.1) is 11.3 Å². The molecule has 0 unspecified atom stereocenters. The molecular formula is C15H15N5S. The smallest absolute Gasteiger partial charge is 0.210 e. The molecule has 0 atom stereocenters. The van der Waals surface area contributed by atoms with Crippen LogP contribution in [0, 0.1) is 6.92 Å². The number of nitrogens with one attached hydrogen (secondary N) is 1. The molecule has 0 saturated heterocycles. The highest BCUT2D eigenvalue weighted by Crippen LogP contribution is 2.30. The predicted molar refractivity (Wildman–Crippen MR) is 82.6 cm³/mol. The highest BCUT2D eigenvalue weighted by atomic mass is 32.1. The number of pyridine rings is 1. The molecule has 0 radical (unpaired) electrons. The van der Waals surface area contributed by atoms with E-state index in [-0.39, 0.29) is 0 Å². The molecule has 0 saturated carbocycles. The van der Waals surface area contributed by atoms with Crippen LogP contribution >= 0.6 is 11.3 Å². The van der Waals surface area contributed by atoms with Gasteiger partial charge in [-0.05, 0) is 19.1 Å². The molecule has 6 heteroatoms. The van der Waals surface area contributed by atoms with Crippen LogP contribution in [0.2, 0.25) is 0 Å². The van der Waals surface area contributed by atoms with Crippen molar-refractivity contribution in [2.24, 2.45) is 0 Å². The Morgan fingerprint density at radius 1 is 1.29 bits per heavy atom. The molecule has 4 heterocycles. The van der Waals surface area contributed by atoms with Gasteiger partial charge >= 0.3 is 0 Å². The molecule has 5 nitrogen and oxygen atoms in total. The lowest BCUT2D eigenvalue weighted by Gasteiger charge is -2.14. The van der Waals surface area contributed by atoms with Crippen molar-refractivity contribution in [3.05, 3.63) is 46.9 Å². The van der Waals surface area contributed by atoms with E-state index >= 15 is 0 Å². The van der Waals surface area contributed by atoms with Crippen LogP contribution in [0.4, 0.5) is 0 Å². The molecular weight excluding hydrogens is 282 g/mol. The number of nitrogens with zero attached hydrogens (tertiary/aromatic N) is 4. The van der Waals surface area contributed by atoms with E-state index in [0.29, 0.717) is 0 Å². The third-order valence-electron chi connectivity index (χ3n) is 3.67. The van der Waals surface area contributed by atoms with E-state index in [2.05, 4.69) is 20.7 Å². The van der Waals surface area contributed by atoms with Crippen molar-refractivity contribution in [1.29, 1.82) is 0 Å². The fraction of sp³-hybridized carbons (Fsp3) is 0.267. The van der Waals surface area contributed by atoms with E-state index in [0.717, 1.165) is 41.6 Å². The number of rotatable bonds is 2. The fourth-order valence-electron chi connectivity index (χ4n) is 2.69. The van der Waals surface area contributed by atoms with E-state index in [4.69, 9.17) is 5.10 Å². The molecule has 3 aromatic heterocycles. The number of hydrogen-bond acceptors (Lipinski definition) is 5. The second kappa shape index (κ2) is 5.05. The van der Waals surface area contributed by atoms with E-state index < -0.39 is 0 Å². The third kappa shape index (κ3) is 2.16. The van der Waals surface area contributed by atoms with Crippen LogP contribution in [0.5, 0.6) is 0 Å². The average molecular weight is 297 g/mol. The standard InChI is InChI=1S/C15H15N5S/c1-10-9-21-15(18-10)20-13-4-7-17-8-12(13)14(19-20)11-2-5-16-6-3-11/h2-3,5-6,9,17H,4,7-8H2,1H3. The second-order valence-corrected chi connectivity index (χ2v) is 5.96. The normalized spacial score (nSPS) is 14.1. The van der Waals surface area contributed by atoms with E-state index in [1.807, 2.05) is 36.1 Å². The Morgan fingerprint density at radius 3 is 2.90 bits per heavy atom. The van der Waals surface area contributed by atoms with Gasteiger partial charge in [-0.25, -0.2) is 9.67 Å². The molecule has 1 aliphatic heterocycles. The quantitative estimate of drug-likeness (QED) is 0.789. The maximum atomic E-state index is 4.84. The largest absolute Gasteiger partial charge is 0.312 e. The summed E-state index contributed by atoms with van der Waals surface area (Å²) in [5, 5.41) is 11.3. The van der Waals surface area contributed by atoms with Crippen molar-refractivity contribution in [3.63, 3.8) is 0 Å². The zero-order valence-corrected chi connectivity index (χ0v) is 12.5. The molecule has 0 spiro atoms. The summed E-state index contributed by atoms with van der Waals surface area (Å²) < 4.78 is 2.02. The Balaban J connectivity index is 1.91. The number of aromatic nitrogens is 4. The number of fused-ring (bicyclic) bond motifs is 1. The van der Waals surface area contributed by atoms with Crippen molar-refractivity contribution in [2.75, 3.05) is 6.54 Å². The van der Waals surface area contributed by atoms with Crippen LogP contribution in [0.25, 0.3) is 16.4 Å². The lowest BCUT2D eigenvalue weighted by atomic mass is 10.0. The number of thiazole rings is 1. The highest BCUT2D eigenvalue weighted by molar-refractivity contribution is 7.12. The molecule has 0 amide bonds. The molecule has 4 rings (SSSR count). The minimum atomic E-state index is 0.858. The lowest BCUT2D eigenvalue weighted by molar-refractivity contribution is 0.622. The molecule has 0 bridgehead atoms. The summed E-state index contributed by atoms with van der Waals surface area (Å²) in [6.45, 7) is 3.86. The fourth-order valence-corrected chi connectivity index (χ4v) is 3.46. The molecule has 106 valence electrons. The SMILES string of the molecule is Cc1csc(-n2nc(-c3ccncc3)c3c2CCNC3)n1. The van der Waals surface area contributed by atoms with Gasteiger partial charge in [0.05, 0.1) is 17.1 Å². The molecule has 1 aliphatic rings. The Bertz CT molecular complexity index is 775. The van der Waals surface area contributed by atoms with Gasteiger partial charge in [0.25, 0.3) is 0 Å². The zero-order chi connectivity index (χ0) is 14.2. The predicted octanol–water partition coefficient (Wildman–Crippen LogP) is 2.34. The first-order valence-electron chi connectivity index (χ1n) is 6.97. The van der Waals surface area contributed by atoms with Gasteiger partial charge < -0.3 is 5.32 Å². The molecule has 21 heavy (non-hydrogen) atoms. The van der Waals surface area contributed by atoms with Gasteiger partial charge in [0.2, 0.25) is 5.13 Å². The summed E-state index contributed by atoms with van der Waals surface area (Å²) in [6, 6.07) is 4.02. The molecule has 1 N–H and O–H groups in total. The van der Waals surface area contributed by atoms with Crippen LogP contribution in [-0.2, 0) is 13.0 Å². The average Bonchev–Trinajstić information content (AvgIpc) is 3.12. The van der Waals surface area contributed by atoms with Crippen molar-refractivity contribution >= 4 is 11.3 Å². The summed E-state index contributed by atoms with van der Waals surface area (Å²) >= 11 is 1.64. The van der Waals surface area contributed by atoms with Crippen molar-refractivity contribution in [1.82, 2.24) is 25.1 Å². The number of hydrogen-bond donors (Lipinski definition) is 1. The van der Waals surface area contributed by atoms with Crippen LogP contribution in [0.3, 0.4) is 0 Å². The maximum Gasteiger partial charge on any atom is 0.210 e.